The number of hydrogen-bond acceptors (Lipinski definition) is 10. The van der Waals surface area contributed by atoms with E-state index in [0.717, 1.165) is 29.5 Å². The van der Waals surface area contributed by atoms with Crippen LogP contribution in [0.15, 0.2) is 47.8 Å². The molecule has 208 valence electrons. The Bertz CT molecular complexity index is 1470. The first kappa shape index (κ1) is 28.6. The predicted octanol–water partition coefficient (Wildman–Crippen LogP) is 3.82. The van der Waals surface area contributed by atoms with Crippen molar-refractivity contribution in [3.63, 3.8) is 0 Å². The van der Waals surface area contributed by atoms with Gasteiger partial charge in [-0.1, -0.05) is 13.0 Å². The van der Waals surface area contributed by atoms with Gasteiger partial charge in [-0.3, -0.25) is 9.59 Å². The number of hydrogen-bond donors (Lipinski definition) is 2. The summed E-state index contributed by atoms with van der Waals surface area (Å²) in [7, 11) is -5.57. The fourth-order valence-corrected chi connectivity index (χ4v) is 5.60. The second-order valence-electron chi connectivity index (χ2n) is 9.00. The number of aromatic nitrogens is 3. The maximum Gasteiger partial charge on any atom is 0.501 e. The number of carbonyl (C=O) groups is 2. The molecule has 1 atom stereocenters. The fourth-order valence-electron chi connectivity index (χ4n) is 3.93. The zero-order valence-corrected chi connectivity index (χ0v) is 22.2. The second-order valence-corrected chi connectivity index (χ2v) is 12.0. The normalized spacial score (nSPS) is 15.7. The number of anilines is 2. The Morgan fingerprint density at radius 3 is 2.59 bits per heavy atom. The topological polar surface area (TPSA) is 142 Å². The van der Waals surface area contributed by atoms with Gasteiger partial charge < -0.3 is 15.3 Å². The van der Waals surface area contributed by atoms with Crippen LogP contribution in [0.1, 0.15) is 57.3 Å². The Morgan fingerprint density at radius 2 is 1.90 bits per heavy atom. The monoisotopic (exact) mass is 583 g/mol. The van der Waals surface area contributed by atoms with Crippen LogP contribution >= 0.6 is 11.3 Å². The van der Waals surface area contributed by atoms with E-state index in [1.807, 2.05) is 4.90 Å². The summed E-state index contributed by atoms with van der Waals surface area (Å²) in [4.78, 5) is 39.2. The van der Waals surface area contributed by atoms with E-state index in [0.29, 0.717) is 36.8 Å². The first-order valence-electron chi connectivity index (χ1n) is 11.8. The van der Waals surface area contributed by atoms with E-state index < -0.39 is 26.1 Å². The molecule has 1 fully saturated rings. The van der Waals surface area contributed by atoms with Crippen LogP contribution in [0.3, 0.4) is 0 Å². The van der Waals surface area contributed by atoms with E-state index in [1.54, 1.807) is 13.0 Å². The quantitative estimate of drug-likeness (QED) is 0.379. The highest BCUT2D eigenvalue weighted by atomic mass is 32.2. The molecule has 3 aromatic rings. The summed E-state index contributed by atoms with van der Waals surface area (Å²) < 4.78 is 61.8. The molecule has 0 radical (unpaired) electrons. The molecule has 15 heteroatoms. The molecule has 2 N–H and O–H groups in total. The van der Waals surface area contributed by atoms with E-state index in [4.69, 9.17) is 0 Å². The van der Waals surface area contributed by atoms with Crippen molar-refractivity contribution in [2.75, 3.05) is 23.3 Å². The van der Waals surface area contributed by atoms with Crippen LogP contribution < -0.4 is 10.2 Å². The molecular weight excluding hydrogens is 559 g/mol. The van der Waals surface area contributed by atoms with E-state index in [1.165, 1.54) is 18.6 Å². The number of thiazole rings is 1. The summed E-state index contributed by atoms with van der Waals surface area (Å²) in [5, 5.41) is 12.6. The lowest BCUT2D eigenvalue weighted by Crippen LogP contribution is -2.36. The van der Waals surface area contributed by atoms with Gasteiger partial charge in [-0.15, -0.1) is 11.3 Å². The molecule has 0 aliphatic carbocycles. The van der Waals surface area contributed by atoms with Gasteiger partial charge in [0, 0.05) is 37.2 Å². The molecular formula is C24H24F3N5O5S2. The number of piperidine rings is 1. The molecule has 0 spiro atoms. The van der Waals surface area contributed by atoms with Crippen molar-refractivity contribution in [2.45, 2.75) is 48.6 Å². The molecule has 3 heterocycles. The van der Waals surface area contributed by atoms with Gasteiger partial charge in [0.25, 0.3) is 15.7 Å². The molecule has 1 aliphatic heterocycles. The van der Waals surface area contributed by atoms with Crippen LogP contribution in [0.5, 0.6) is 0 Å². The van der Waals surface area contributed by atoms with Crippen molar-refractivity contribution in [3.05, 3.63) is 58.4 Å². The summed E-state index contributed by atoms with van der Waals surface area (Å²) in [6, 6.07) is 5.48. The first-order valence-corrected chi connectivity index (χ1v) is 14.1. The van der Waals surface area contributed by atoms with Crippen molar-refractivity contribution in [1.82, 2.24) is 15.0 Å². The van der Waals surface area contributed by atoms with Gasteiger partial charge >= 0.3 is 5.51 Å². The smallest absolute Gasteiger partial charge is 0.393 e. The number of halogens is 3. The fraction of sp³-hybridized carbons (Fsp3) is 0.375. The summed E-state index contributed by atoms with van der Waals surface area (Å²) in [6.07, 6.45) is 3.54. The largest absolute Gasteiger partial charge is 0.501 e. The van der Waals surface area contributed by atoms with Gasteiger partial charge in [-0.2, -0.15) is 13.2 Å². The van der Waals surface area contributed by atoms with Gasteiger partial charge in [-0.05, 0) is 31.0 Å². The van der Waals surface area contributed by atoms with Crippen LogP contribution in [0.4, 0.5) is 24.7 Å². The summed E-state index contributed by atoms with van der Waals surface area (Å²) >= 11 is 1.01. The standard InChI is InChI=1S/C24H24F3N5O5S2/c1-14(9-19(34)18-11-21(30-13-29-18)32-7-5-16(33)6-8-32)23-28-12-20(38-23)22(35)31-15-3-2-4-17(10-15)39(36,37)24(25,26)27/h2-4,10-14,16,33H,5-9H2,1H3,(H,31,35). The lowest BCUT2D eigenvalue weighted by molar-refractivity contribution is -0.0436. The van der Waals surface area contributed by atoms with Crippen LogP contribution in [-0.2, 0) is 9.84 Å². The van der Waals surface area contributed by atoms with Crippen molar-refractivity contribution in [3.8, 4) is 0 Å². The Hall–Kier alpha value is -3.43. The molecule has 1 saturated heterocycles. The zero-order valence-electron chi connectivity index (χ0n) is 20.6. The summed E-state index contributed by atoms with van der Waals surface area (Å²) in [5.74, 6) is -0.695. The third-order valence-electron chi connectivity index (χ3n) is 6.09. The van der Waals surface area contributed by atoms with E-state index in [9.17, 15) is 36.3 Å². The maximum absolute atomic E-state index is 12.9. The third kappa shape index (κ3) is 6.59. The van der Waals surface area contributed by atoms with E-state index in [-0.39, 0.29) is 40.5 Å². The van der Waals surface area contributed by atoms with E-state index in [2.05, 4.69) is 20.3 Å². The van der Waals surface area contributed by atoms with Gasteiger partial charge in [0.2, 0.25) is 0 Å². The maximum atomic E-state index is 12.9. The molecule has 39 heavy (non-hydrogen) atoms. The number of ketones is 1. The molecule has 1 aromatic carbocycles. The Kier molecular flexibility index (Phi) is 8.32. The number of carbonyl (C=O) groups excluding carboxylic acids is 2. The number of sulfone groups is 1. The van der Waals surface area contributed by atoms with Crippen molar-refractivity contribution in [2.24, 2.45) is 0 Å². The number of aliphatic hydroxyl groups excluding tert-OH is 1. The number of rotatable bonds is 8. The number of Topliss-reactive ketones (excluding diaryl/α,β-unsaturated/α-hetero) is 1. The Labute approximate surface area is 225 Å². The van der Waals surface area contributed by atoms with Gasteiger partial charge in [0.05, 0.1) is 22.2 Å². The van der Waals surface area contributed by atoms with Crippen LogP contribution in [0.25, 0.3) is 0 Å². The zero-order chi connectivity index (χ0) is 28.4. The average molecular weight is 584 g/mol. The number of benzene rings is 1. The first-order chi connectivity index (χ1) is 18.3. The molecule has 1 amide bonds. The van der Waals surface area contributed by atoms with Crippen molar-refractivity contribution in [1.29, 1.82) is 0 Å². The van der Waals surface area contributed by atoms with Crippen molar-refractivity contribution >= 4 is 44.4 Å². The number of alkyl halides is 3. The number of nitrogens with zero attached hydrogens (tertiary/aromatic N) is 4. The average Bonchev–Trinajstić information content (AvgIpc) is 3.40. The lowest BCUT2D eigenvalue weighted by Gasteiger charge is -2.30. The highest BCUT2D eigenvalue weighted by Crippen LogP contribution is 2.32. The minimum atomic E-state index is -5.57. The minimum Gasteiger partial charge on any atom is -0.393 e. The number of aliphatic hydroxyl groups is 1. The predicted molar refractivity (Wildman–Crippen MR) is 137 cm³/mol. The van der Waals surface area contributed by atoms with Gasteiger partial charge in [0.1, 0.15) is 22.7 Å². The molecule has 10 nitrogen and oxygen atoms in total. The minimum absolute atomic E-state index is 0.0566. The Morgan fingerprint density at radius 1 is 1.18 bits per heavy atom. The van der Waals surface area contributed by atoms with Crippen molar-refractivity contribution < 1.29 is 36.3 Å². The molecule has 0 bridgehead atoms. The molecule has 1 unspecified atom stereocenters. The number of nitrogens with one attached hydrogen (secondary N) is 1. The van der Waals surface area contributed by atoms with E-state index >= 15 is 0 Å². The second kappa shape index (κ2) is 11.4. The van der Waals surface area contributed by atoms with Crippen LogP contribution in [0.2, 0.25) is 0 Å². The molecule has 2 aromatic heterocycles. The van der Waals surface area contributed by atoms with Crippen LogP contribution in [-0.4, -0.2) is 64.9 Å². The SMILES string of the molecule is CC(CC(=O)c1cc(N2CCC(O)CC2)ncn1)c1ncc(C(=O)Nc2cccc(S(=O)(=O)C(F)(F)F)c2)s1. The van der Waals surface area contributed by atoms with Gasteiger partial charge in [0.15, 0.2) is 5.78 Å². The highest BCUT2D eigenvalue weighted by Gasteiger charge is 2.46. The Balaban J connectivity index is 1.40. The lowest BCUT2D eigenvalue weighted by atomic mass is 10.0. The molecule has 0 saturated carbocycles. The molecule has 1 aliphatic rings. The third-order valence-corrected chi connectivity index (χ3v) is 8.81. The summed E-state index contributed by atoms with van der Waals surface area (Å²) in [5.41, 5.74) is -5.37. The molecule has 4 rings (SSSR count). The van der Waals surface area contributed by atoms with Crippen LogP contribution in [0, 0.1) is 0 Å². The van der Waals surface area contributed by atoms with Gasteiger partial charge in [-0.25, -0.2) is 23.4 Å². The highest BCUT2D eigenvalue weighted by molar-refractivity contribution is 7.92. The summed E-state index contributed by atoms with van der Waals surface area (Å²) in [6.45, 7) is 3.00. The number of amides is 1.